The van der Waals surface area contributed by atoms with E-state index in [1.165, 1.54) is 4.31 Å². The molecule has 2 aromatic rings. The molecule has 0 radical (unpaired) electrons. The van der Waals surface area contributed by atoms with Crippen molar-refractivity contribution < 1.29 is 8.42 Å². The van der Waals surface area contributed by atoms with Gasteiger partial charge >= 0.3 is 10.2 Å². The molecule has 0 saturated carbocycles. The lowest BCUT2D eigenvalue weighted by atomic mass is 10.1. The highest BCUT2D eigenvalue weighted by Gasteiger charge is 2.43. The molecular formula is C18H19N5O2S. The Bertz CT molecular complexity index is 924. The average Bonchev–Trinajstić information content (AvgIpc) is 3.26. The van der Waals surface area contributed by atoms with Crippen LogP contribution < -0.4 is 4.31 Å². The Morgan fingerprint density at radius 3 is 2.35 bits per heavy atom. The Morgan fingerprint density at radius 2 is 1.69 bits per heavy atom. The van der Waals surface area contributed by atoms with Gasteiger partial charge in [0.15, 0.2) is 6.19 Å². The van der Waals surface area contributed by atoms with Gasteiger partial charge < -0.3 is 4.90 Å². The van der Waals surface area contributed by atoms with Gasteiger partial charge in [-0.25, -0.2) is 0 Å². The van der Waals surface area contributed by atoms with E-state index in [2.05, 4.69) is 11.2 Å². The molecular weight excluding hydrogens is 350 g/mol. The molecule has 0 N–H and O–H groups in total. The molecule has 1 atom stereocenters. The molecule has 134 valence electrons. The lowest BCUT2D eigenvalue weighted by molar-refractivity contribution is 0.345. The van der Waals surface area contributed by atoms with Crippen molar-refractivity contribution in [3.05, 3.63) is 48.8 Å². The van der Waals surface area contributed by atoms with Crippen LogP contribution in [0.2, 0.25) is 0 Å². The van der Waals surface area contributed by atoms with Gasteiger partial charge in [-0.05, 0) is 41.8 Å². The van der Waals surface area contributed by atoms with Crippen LogP contribution in [-0.4, -0.2) is 54.8 Å². The Balaban J connectivity index is 1.54. The molecule has 1 aromatic carbocycles. The number of benzene rings is 1. The fourth-order valence-corrected chi connectivity index (χ4v) is 5.43. The standard InChI is InChI=1S/C18H19N5O2S/c19-14-21-10-7-18(13-21)23-12-11-22(26(23,24)25)17-3-1-15(2-4-17)16-5-8-20-9-6-16/h1-6,8-9,18H,7,10-13H2. The summed E-state index contributed by atoms with van der Waals surface area (Å²) in [5, 5.41) is 9.00. The van der Waals surface area contributed by atoms with E-state index in [0.717, 1.165) is 11.1 Å². The summed E-state index contributed by atoms with van der Waals surface area (Å²) in [6, 6.07) is 11.3. The molecule has 2 saturated heterocycles. The fraction of sp³-hybridized carbons (Fsp3) is 0.333. The van der Waals surface area contributed by atoms with Crippen molar-refractivity contribution in [1.29, 1.82) is 5.26 Å². The minimum Gasteiger partial charge on any atom is -0.309 e. The molecule has 0 aliphatic carbocycles. The number of likely N-dealkylation sites (tertiary alicyclic amines) is 1. The van der Waals surface area contributed by atoms with Gasteiger partial charge in [-0.1, -0.05) is 12.1 Å². The normalized spacial score (nSPS) is 22.5. The second-order valence-electron chi connectivity index (χ2n) is 6.46. The van der Waals surface area contributed by atoms with E-state index in [1.54, 1.807) is 21.6 Å². The van der Waals surface area contributed by atoms with Crippen LogP contribution in [0, 0.1) is 11.5 Å². The number of pyridine rings is 1. The van der Waals surface area contributed by atoms with Gasteiger partial charge in [0, 0.05) is 44.6 Å². The van der Waals surface area contributed by atoms with E-state index >= 15 is 0 Å². The molecule has 4 rings (SSSR count). The molecule has 0 bridgehead atoms. The molecule has 0 spiro atoms. The summed E-state index contributed by atoms with van der Waals surface area (Å²) in [6.45, 7) is 1.98. The van der Waals surface area contributed by atoms with Gasteiger partial charge in [0.05, 0.1) is 5.69 Å². The number of anilines is 1. The predicted molar refractivity (Wildman–Crippen MR) is 98.2 cm³/mol. The van der Waals surface area contributed by atoms with E-state index in [1.807, 2.05) is 36.4 Å². The van der Waals surface area contributed by atoms with Crippen molar-refractivity contribution in [3.63, 3.8) is 0 Å². The lowest BCUT2D eigenvalue weighted by Gasteiger charge is -2.24. The number of nitriles is 1. The molecule has 3 heterocycles. The molecule has 26 heavy (non-hydrogen) atoms. The lowest BCUT2D eigenvalue weighted by Crippen LogP contribution is -2.41. The summed E-state index contributed by atoms with van der Waals surface area (Å²) in [4.78, 5) is 5.63. The zero-order chi connectivity index (χ0) is 18.1. The monoisotopic (exact) mass is 369 g/mol. The van der Waals surface area contributed by atoms with Crippen LogP contribution in [0.3, 0.4) is 0 Å². The van der Waals surface area contributed by atoms with Gasteiger partial charge in [-0.3, -0.25) is 9.29 Å². The van der Waals surface area contributed by atoms with Crippen molar-refractivity contribution in [2.45, 2.75) is 12.5 Å². The Morgan fingerprint density at radius 1 is 1.00 bits per heavy atom. The van der Waals surface area contributed by atoms with E-state index < -0.39 is 10.2 Å². The van der Waals surface area contributed by atoms with E-state index in [9.17, 15) is 8.42 Å². The molecule has 0 amide bonds. The first-order valence-corrected chi connectivity index (χ1v) is 9.94. The zero-order valence-corrected chi connectivity index (χ0v) is 15.0. The molecule has 7 nitrogen and oxygen atoms in total. The highest BCUT2D eigenvalue weighted by atomic mass is 32.2. The Labute approximate surface area is 153 Å². The van der Waals surface area contributed by atoms with E-state index in [0.29, 0.717) is 38.3 Å². The quantitative estimate of drug-likeness (QED) is 0.769. The third kappa shape index (κ3) is 2.89. The second-order valence-corrected chi connectivity index (χ2v) is 8.27. The summed E-state index contributed by atoms with van der Waals surface area (Å²) in [6.07, 6.45) is 6.27. The molecule has 1 unspecified atom stereocenters. The van der Waals surface area contributed by atoms with Crippen LogP contribution >= 0.6 is 0 Å². The van der Waals surface area contributed by atoms with Crippen LogP contribution in [0.1, 0.15) is 6.42 Å². The highest BCUT2D eigenvalue weighted by molar-refractivity contribution is 7.90. The third-order valence-electron chi connectivity index (χ3n) is 4.98. The first kappa shape index (κ1) is 16.8. The SMILES string of the molecule is N#CN1CCC(N2CCN(c3ccc(-c4ccncc4)cc3)S2(=O)=O)C1. The Kier molecular flexibility index (Phi) is 4.26. The minimum absolute atomic E-state index is 0.124. The molecule has 2 aliphatic heterocycles. The maximum Gasteiger partial charge on any atom is 0.304 e. The van der Waals surface area contributed by atoms with Crippen molar-refractivity contribution in [1.82, 2.24) is 14.2 Å². The third-order valence-corrected chi connectivity index (χ3v) is 7.00. The summed E-state index contributed by atoms with van der Waals surface area (Å²) in [5.41, 5.74) is 2.73. The van der Waals surface area contributed by atoms with Crippen LogP contribution in [0.25, 0.3) is 11.1 Å². The molecule has 2 aliphatic rings. The number of hydrogen-bond acceptors (Lipinski definition) is 5. The predicted octanol–water partition coefficient (Wildman–Crippen LogP) is 1.67. The zero-order valence-electron chi connectivity index (χ0n) is 14.2. The summed E-state index contributed by atoms with van der Waals surface area (Å²) in [5.74, 6) is 0. The first-order chi connectivity index (χ1) is 12.6. The van der Waals surface area contributed by atoms with Gasteiger partial charge in [-0.2, -0.15) is 18.0 Å². The fourth-order valence-electron chi connectivity index (χ4n) is 3.61. The number of hydrogen-bond donors (Lipinski definition) is 0. The average molecular weight is 369 g/mol. The van der Waals surface area contributed by atoms with Crippen LogP contribution in [-0.2, 0) is 10.2 Å². The maximum absolute atomic E-state index is 13.0. The highest BCUT2D eigenvalue weighted by Crippen LogP contribution is 2.31. The smallest absolute Gasteiger partial charge is 0.304 e. The number of aromatic nitrogens is 1. The van der Waals surface area contributed by atoms with Crippen molar-refractivity contribution in [3.8, 4) is 17.3 Å². The summed E-state index contributed by atoms with van der Waals surface area (Å²) in [7, 11) is -3.55. The van der Waals surface area contributed by atoms with E-state index in [4.69, 9.17) is 5.26 Å². The van der Waals surface area contributed by atoms with Crippen molar-refractivity contribution in [2.24, 2.45) is 0 Å². The van der Waals surface area contributed by atoms with Gasteiger partial charge in [0.25, 0.3) is 0 Å². The maximum atomic E-state index is 13.0. The topological polar surface area (TPSA) is 80.5 Å². The summed E-state index contributed by atoms with van der Waals surface area (Å²) >= 11 is 0. The number of nitrogens with zero attached hydrogens (tertiary/aromatic N) is 5. The van der Waals surface area contributed by atoms with Crippen LogP contribution in [0.5, 0.6) is 0 Å². The minimum atomic E-state index is -3.55. The van der Waals surface area contributed by atoms with Gasteiger partial charge in [0.2, 0.25) is 0 Å². The first-order valence-electron chi connectivity index (χ1n) is 8.54. The second kappa shape index (κ2) is 6.59. The Hall–Kier alpha value is -2.63. The summed E-state index contributed by atoms with van der Waals surface area (Å²) < 4.78 is 28.9. The van der Waals surface area contributed by atoms with E-state index in [-0.39, 0.29) is 6.04 Å². The van der Waals surface area contributed by atoms with Crippen molar-refractivity contribution in [2.75, 3.05) is 30.5 Å². The molecule has 1 aromatic heterocycles. The van der Waals surface area contributed by atoms with Crippen LogP contribution in [0.4, 0.5) is 5.69 Å². The largest absolute Gasteiger partial charge is 0.309 e. The number of rotatable bonds is 3. The van der Waals surface area contributed by atoms with Crippen LogP contribution in [0.15, 0.2) is 48.8 Å². The van der Waals surface area contributed by atoms with Gasteiger partial charge in [0.1, 0.15) is 0 Å². The molecule has 8 heteroatoms. The van der Waals surface area contributed by atoms with Gasteiger partial charge in [-0.15, -0.1) is 0 Å². The molecule has 2 fully saturated rings. The van der Waals surface area contributed by atoms with Crippen molar-refractivity contribution >= 4 is 15.9 Å².